The summed E-state index contributed by atoms with van der Waals surface area (Å²) in [5.41, 5.74) is 0. The Hall–Kier alpha value is -3.27. The maximum Gasteiger partial charge on any atom is 0.277 e. The second kappa shape index (κ2) is 10.6. The molecule has 0 fully saturated rings. The first-order valence-electron chi connectivity index (χ1n) is 10.6. The van der Waals surface area contributed by atoms with E-state index in [4.69, 9.17) is 18.6 Å². The molecule has 0 saturated carbocycles. The Morgan fingerprint density at radius 2 is 1.97 bits per heavy atom. The number of thioether (sulfide) groups is 1. The zero-order chi connectivity index (χ0) is 23.2. The van der Waals surface area contributed by atoms with Crippen molar-refractivity contribution >= 4 is 17.7 Å². The Balaban J connectivity index is 1.27. The quantitative estimate of drug-likeness (QED) is 0.429. The molecule has 0 bridgehead atoms. The predicted octanol–water partition coefficient (Wildman–Crippen LogP) is 4.13. The molecular formula is C23H24FN3O5S. The lowest BCUT2D eigenvalue weighted by molar-refractivity contribution is -0.129. The molecule has 1 aromatic heterocycles. The molecule has 1 aliphatic heterocycles. The van der Waals surface area contributed by atoms with Gasteiger partial charge in [0.05, 0.1) is 12.3 Å². The van der Waals surface area contributed by atoms with Gasteiger partial charge in [-0.3, -0.25) is 4.79 Å². The molecule has 2 aromatic carbocycles. The highest BCUT2D eigenvalue weighted by Crippen LogP contribution is 2.31. The van der Waals surface area contributed by atoms with E-state index >= 15 is 0 Å². The third kappa shape index (κ3) is 5.95. The summed E-state index contributed by atoms with van der Waals surface area (Å²) in [4.78, 5) is 14.5. The van der Waals surface area contributed by atoms with E-state index in [1.54, 1.807) is 11.8 Å². The van der Waals surface area contributed by atoms with Crippen LogP contribution < -0.4 is 14.2 Å². The minimum atomic E-state index is -0.522. The smallest absolute Gasteiger partial charge is 0.277 e. The number of fused-ring (bicyclic) bond motifs is 1. The Morgan fingerprint density at radius 3 is 2.73 bits per heavy atom. The van der Waals surface area contributed by atoms with Crippen LogP contribution in [0.4, 0.5) is 4.39 Å². The van der Waals surface area contributed by atoms with Crippen molar-refractivity contribution in [3.05, 3.63) is 60.2 Å². The van der Waals surface area contributed by atoms with Gasteiger partial charge in [0.1, 0.15) is 18.2 Å². The fraction of sp³-hybridized carbons (Fsp3) is 0.348. The fourth-order valence-corrected chi connectivity index (χ4v) is 3.90. The molecule has 2 atom stereocenters. The number of hydrogen-bond acceptors (Lipinski definition) is 8. The highest BCUT2D eigenvalue weighted by atomic mass is 32.2. The molecule has 0 N–H and O–H groups in total. The normalized spacial score (nSPS) is 15.7. The van der Waals surface area contributed by atoms with E-state index in [0.717, 1.165) is 11.8 Å². The van der Waals surface area contributed by atoms with Crippen LogP contribution in [0.3, 0.4) is 0 Å². The minimum absolute atomic E-state index is 0.0691. The number of likely N-dealkylation sites (N-methyl/N-ethyl adjacent to an activating group) is 1. The van der Waals surface area contributed by atoms with Crippen LogP contribution in [0.25, 0.3) is 0 Å². The molecule has 0 spiro atoms. The summed E-state index contributed by atoms with van der Waals surface area (Å²) >= 11 is 1.16. The summed E-state index contributed by atoms with van der Waals surface area (Å²) in [5, 5.41) is 8.24. The number of benzene rings is 2. The summed E-state index contributed by atoms with van der Waals surface area (Å²) in [5.74, 6) is 1.89. The van der Waals surface area contributed by atoms with Gasteiger partial charge >= 0.3 is 0 Å². The number of para-hydroxylation sites is 2. The maximum atomic E-state index is 13.0. The Morgan fingerprint density at radius 1 is 1.21 bits per heavy atom. The van der Waals surface area contributed by atoms with Crippen LogP contribution in [0.15, 0.2) is 58.2 Å². The Labute approximate surface area is 195 Å². The third-order valence-corrected chi connectivity index (χ3v) is 5.74. The summed E-state index contributed by atoms with van der Waals surface area (Å²) in [6.45, 7) is 5.01. The van der Waals surface area contributed by atoms with Crippen LogP contribution in [0.1, 0.15) is 25.8 Å². The number of ether oxygens (including phenoxy) is 3. The summed E-state index contributed by atoms with van der Waals surface area (Å²) in [6, 6.07) is 13.1. The van der Waals surface area contributed by atoms with Crippen molar-refractivity contribution in [3.63, 3.8) is 0 Å². The lowest BCUT2D eigenvalue weighted by atomic mass is 10.2. The number of carbonyl (C=O) groups excluding carboxylic acids is 1. The molecule has 0 unspecified atom stereocenters. The minimum Gasteiger partial charge on any atom is -0.486 e. The molecule has 3 aromatic rings. The average Bonchev–Trinajstić information content (AvgIpc) is 3.31. The number of aromatic nitrogens is 2. The van der Waals surface area contributed by atoms with E-state index in [2.05, 4.69) is 10.2 Å². The maximum absolute atomic E-state index is 13.0. The first kappa shape index (κ1) is 22.9. The number of carbonyl (C=O) groups is 1. The molecule has 0 saturated heterocycles. The van der Waals surface area contributed by atoms with Crippen molar-refractivity contribution in [1.29, 1.82) is 0 Å². The van der Waals surface area contributed by atoms with Crippen LogP contribution in [0.2, 0.25) is 0 Å². The predicted molar refractivity (Wildman–Crippen MR) is 119 cm³/mol. The van der Waals surface area contributed by atoms with Crippen molar-refractivity contribution in [2.24, 2.45) is 0 Å². The molecule has 10 heteroatoms. The standard InChI is InChI=1S/C23H24FN3O5S/c1-3-27(12-18-13-29-19-6-4-5-7-20(19)31-18)21(28)14-33-23-26-25-22(32-23)15(2)30-17-10-8-16(24)9-11-17/h4-11,15,18H,3,12-14H2,1-2H3/t15-,18+/m1/s1. The zero-order valence-corrected chi connectivity index (χ0v) is 19.1. The topological polar surface area (TPSA) is 86.9 Å². The first-order valence-corrected chi connectivity index (χ1v) is 11.5. The molecule has 33 heavy (non-hydrogen) atoms. The van der Waals surface area contributed by atoms with E-state index in [-0.39, 0.29) is 34.7 Å². The average molecular weight is 474 g/mol. The van der Waals surface area contributed by atoms with E-state index in [9.17, 15) is 9.18 Å². The molecule has 0 aliphatic carbocycles. The van der Waals surface area contributed by atoms with E-state index in [1.807, 2.05) is 31.2 Å². The van der Waals surface area contributed by atoms with Crippen LogP contribution >= 0.6 is 11.8 Å². The molecule has 4 rings (SSSR count). The number of nitrogens with zero attached hydrogens (tertiary/aromatic N) is 3. The number of amides is 1. The molecule has 2 heterocycles. The van der Waals surface area contributed by atoms with Crippen LogP contribution in [-0.2, 0) is 4.79 Å². The third-order valence-electron chi connectivity index (χ3n) is 4.94. The van der Waals surface area contributed by atoms with Crippen LogP contribution in [0, 0.1) is 5.82 Å². The van der Waals surface area contributed by atoms with E-state index in [1.165, 1.54) is 24.3 Å². The second-order valence-corrected chi connectivity index (χ2v) is 8.27. The van der Waals surface area contributed by atoms with Gasteiger partial charge in [0.2, 0.25) is 5.91 Å². The van der Waals surface area contributed by atoms with Gasteiger partial charge in [-0.2, -0.15) is 0 Å². The van der Waals surface area contributed by atoms with Gasteiger partial charge in [0.15, 0.2) is 23.7 Å². The Kier molecular flexibility index (Phi) is 7.33. The number of halogens is 1. The summed E-state index contributed by atoms with van der Waals surface area (Å²) in [6.07, 6.45) is -0.764. The molecule has 8 nitrogen and oxygen atoms in total. The lowest BCUT2D eigenvalue weighted by Crippen LogP contribution is -2.44. The molecule has 174 valence electrons. The zero-order valence-electron chi connectivity index (χ0n) is 18.3. The number of hydrogen-bond donors (Lipinski definition) is 0. The molecule has 1 amide bonds. The van der Waals surface area contributed by atoms with Gasteiger partial charge in [-0.15, -0.1) is 10.2 Å². The van der Waals surface area contributed by atoms with Crippen molar-refractivity contribution in [1.82, 2.24) is 15.1 Å². The fourth-order valence-electron chi connectivity index (χ4n) is 3.23. The summed E-state index contributed by atoms with van der Waals surface area (Å²) < 4.78 is 36.0. The SMILES string of the molecule is CCN(C[C@H]1COc2ccccc2O1)C(=O)CSc1nnc([C@@H](C)Oc2ccc(F)cc2)o1. The highest BCUT2D eigenvalue weighted by Gasteiger charge is 2.25. The van der Waals surface area contributed by atoms with Gasteiger partial charge in [0.25, 0.3) is 11.1 Å². The monoisotopic (exact) mass is 473 g/mol. The molecular weight excluding hydrogens is 449 g/mol. The van der Waals surface area contributed by atoms with E-state index in [0.29, 0.717) is 36.9 Å². The van der Waals surface area contributed by atoms with Gasteiger partial charge in [-0.05, 0) is 50.2 Å². The second-order valence-electron chi connectivity index (χ2n) is 7.34. The van der Waals surface area contributed by atoms with Gasteiger partial charge < -0.3 is 23.5 Å². The van der Waals surface area contributed by atoms with E-state index < -0.39 is 6.10 Å². The van der Waals surface area contributed by atoms with Gasteiger partial charge in [0, 0.05) is 6.54 Å². The summed E-state index contributed by atoms with van der Waals surface area (Å²) in [7, 11) is 0. The largest absolute Gasteiger partial charge is 0.486 e. The van der Waals surface area contributed by atoms with Gasteiger partial charge in [-0.25, -0.2) is 4.39 Å². The van der Waals surface area contributed by atoms with Crippen molar-refractivity contribution in [2.45, 2.75) is 31.3 Å². The van der Waals surface area contributed by atoms with Gasteiger partial charge in [-0.1, -0.05) is 23.9 Å². The van der Waals surface area contributed by atoms with Crippen molar-refractivity contribution < 1.29 is 27.8 Å². The lowest BCUT2D eigenvalue weighted by Gasteiger charge is -2.30. The Bertz CT molecular complexity index is 1080. The molecule has 1 aliphatic rings. The highest BCUT2D eigenvalue weighted by molar-refractivity contribution is 7.99. The number of rotatable bonds is 9. The van der Waals surface area contributed by atoms with Crippen molar-refractivity contribution in [3.8, 4) is 17.2 Å². The molecule has 0 radical (unpaired) electrons. The van der Waals surface area contributed by atoms with Crippen molar-refractivity contribution in [2.75, 3.05) is 25.4 Å². The van der Waals surface area contributed by atoms with Crippen LogP contribution in [0.5, 0.6) is 17.2 Å². The van der Waals surface area contributed by atoms with Crippen LogP contribution in [-0.4, -0.2) is 52.6 Å². The first-order chi connectivity index (χ1) is 16.0.